The zero-order chi connectivity index (χ0) is 23.2. The summed E-state index contributed by atoms with van der Waals surface area (Å²) in [6.45, 7) is 1.44. The molecule has 0 radical (unpaired) electrons. The second-order valence-electron chi connectivity index (χ2n) is 8.12. The van der Waals surface area contributed by atoms with Gasteiger partial charge in [-0.3, -0.25) is 4.79 Å². The molecule has 1 unspecified atom stereocenters. The molecule has 1 aromatic heterocycles. The molecule has 0 bridgehead atoms. The highest BCUT2D eigenvalue weighted by Gasteiger charge is 2.19. The molecule has 0 spiro atoms. The lowest BCUT2D eigenvalue weighted by atomic mass is 10.1. The number of nitrogens with one attached hydrogen (secondary N) is 1. The van der Waals surface area contributed by atoms with E-state index in [9.17, 15) is 9.18 Å². The van der Waals surface area contributed by atoms with Crippen molar-refractivity contribution in [1.29, 1.82) is 0 Å². The van der Waals surface area contributed by atoms with E-state index in [-0.39, 0.29) is 17.8 Å². The first-order chi connectivity index (χ1) is 16.0. The van der Waals surface area contributed by atoms with Gasteiger partial charge in [0, 0.05) is 19.1 Å². The van der Waals surface area contributed by atoms with Crippen LogP contribution in [-0.2, 0) is 6.54 Å². The Hall–Kier alpha value is -3.55. The number of hydrogen-bond donors (Lipinski definition) is 3. The molecule has 33 heavy (non-hydrogen) atoms. The van der Waals surface area contributed by atoms with E-state index in [1.807, 2.05) is 53.1 Å². The van der Waals surface area contributed by atoms with Gasteiger partial charge in [0.05, 0.1) is 11.0 Å². The van der Waals surface area contributed by atoms with Crippen molar-refractivity contribution in [2.75, 3.05) is 13.1 Å². The average Bonchev–Trinajstić information content (AvgIpc) is 3.20. The van der Waals surface area contributed by atoms with Crippen LogP contribution >= 0.6 is 0 Å². The second kappa shape index (κ2) is 10.4. The normalized spacial score (nSPS) is 12.1. The number of nitrogens with zero attached hydrogens (tertiary/aromatic N) is 2. The van der Waals surface area contributed by atoms with Crippen molar-refractivity contribution in [3.8, 4) is 11.1 Å². The highest BCUT2D eigenvalue weighted by atomic mass is 19.1. The monoisotopic (exact) mass is 445 g/mol. The highest BCUT2D eigenvalue weighted by molar-refractivity contribution is 5.95. The quantitative estimate of drug-likeness (QED) is 0.366. The van der Waals surface area contributed by atoms with Crippen molar-refractivity contribution in [2.24, 2.45) is 11.5 Å². The Morgan fingerprint density at radius 2 is 1.76 bits per heavy atom. The summed E-state index contributed by atoms with van der Waals surface area (Å²) in [4.78, 5) is 17.7. The number of halogens is 1. The molecule has 1 atom stereocenters. The largest absolute Gasteiger partial charge is 0.348 e. The van der Waals surface area contributed by atoms with Gasteiger partial charge in [0.1, 0.15) is 5.82 Å². The van der Waals surface area contributed by atoms with Crippen molar-refractivity contribution < 1.29 is 9.18 Å². The van der Waals surface area contributed by atoms with Gasteiger partial charge in [-0.25, -0.2) is 9.37 Å². The summed E-state index contributed by atoms with van der Waals surface area (Å²) in [6.07, 6.45) is 1.56. The van der Waals surface area contributed by atoms with Crippen molar-refractivity contribution >= 4 is 16.9 Å². The van der Waals surface area contributed by atoms with Gasteiger partial charge in [0.2, 0.25) is 0 Å². The standard InChI is InChI=1S/C26H28FN5O/c27-21-11-8-19(9-12-21)20-10-13-24-23(15-20)31-25(26(33)30-16-22(29)7-4-14-28)32(24)17-18-5-2-1-3-6-18/h1-3,5-6,8-13,15,22H,4,7,14,16-17,28-29H2,(H,30,33). The molecule has 0 aliphatic carbocycles. The topological polar surface area (TPSA) is 99.0 Å². The third kappa shape index (κ3) is 5.45. The van der Waals surface area contributed by atoms with Crippen molar-refractivity contribution in [2.45, 2.75) is 25.4 Å². The third-order valence-corrected chi connectivity index (χ3v) is 5.62. The van der Waals surface area contributed by atoms with E-state index < -0.39 is 0 Å². The molecular weight excluding hydrogens is 417 g/mol. The maximum atomic E-state index is 13.3. The highest BCUT2D eigenvalue weighted by Crippen LogP contribution is 2.26. The Balaban J connectivity index is 1.67. The molecule has 3 aromatic carbocycles. The molecule has 6 nitrogen and oxygen atoms in total. The molecule has 0 saturated heterocycles. The van der Waals surface area contributed by atoms with Crippen LogP contribution in [-0.4, -0.2) is 34.6 Å². The van der Waals surface area contributed by atoms with E-state index >= 15 is 0 Å². The molecule has 5 N–H and O–H groups in total. The first-order valence-electron chi connectivity index (χ1n) is 11.1. The number of aromatic nitrogens is 2. The Bertz CT molecular complexity index is 1220. The predicted octanol–water partition coefficient (Wildman–Crippen LogP) is 3.69. The summed E-state index contributed by atoms with van der Waals surface area (Å²) in [5.41, 5.74) is 16.0. The zero-order valence-electron chi connectivity index (χ0n) is 18.4. The van der Waals surface area contributed by atoms with Crippen LogP contribution in [0.5, 0.6) is 0 Å². The number of carbonyl (C=O) groups excluding carboxylic acids is 1. The van der Waals surface area contributed by atoms with E-state index in [1.54, 1.807) is 12.1 Å². The number of rotatable bonds is 9. The first-order valence-corrected chi connectivity index (χ1v) is 11.1. The summed E-state index contributed by atoms with van der Waals surface area (Å²) < 4.78 is 15.2. The SMILES string of the molecule is NCCCC(N)CNC(=O)c1nc2cc(-c3ccc(F)cc3)ccc2n1Cc1ccccc1. The maximum absolute atomic E-state index is 13.3. The molecule has 0 aliphatic rings. The van der Waals surface area contributed by atoms with Crippen LogP contribution in [0.3, 0.4) is 0 Å². The molecule has 4 rings (SSSR count). The first kappa shape index (κ1) is 22.6. The van der Waals surface area contributed by atoms with Crippen LogP contribution in [0.25, 0.3) is 22.2 Å². The van der Waals surface area contributed by atoms with Gasteiger partial charge in [-0.15, -0.1) is 0 Å². The molecule has 4 aromatic rings. The van der Waals surface area contributed by atoms with Gasteiger partial charge in [0.25, 0.3) is 5.91 Å². The van der Waals surface area contributed by atoms with Crippen LogP contribution in [0, 0.1) is 5.82 Å². The fraction of sp³-hybridized carbons (Fsp3) is 0.231. The zero-order valence-corrected chi connectivity index (χ0v) is 18.4. The lowest BCUT2D eigenvalue weighted by Gasteiger charge is -2.13. The Morgan fingerprint density at radius 3 is 2.48 bits per heavy atom. The summed E-state index contributed by atoms with van der Waals surface area (Å²) in [5, 5.41) is 2.92. The van der Waals surface area contributed by atoms with Crippen molar-refractivity contribution in [3.05, 3.63) is 90.0 Å². The van der Waals surface area contributed by atoms with E-state index in [2.05, 4.69) is 10.3 Å². The smallest absolute Gasteiger partial charge is 0.287 e. The molecule has 1 amide bonds. The Kier molecular flexibility index (Phi) is 7.12. The van der Waals surface area contributed by atoms with Crippen LogP contribution in [0.15, 0.2) is 72.8 Å². The minimum atomic E-state index is -0.282. The summed E-state index contributed by atoms with van der Waals surface area (Å²) in [6, 6.07) is 21.9. The molecule has 0 aliphatic heterocycles. The van der Waals surface area contributed by atoms with Crippen molar-refractivity contribution in [1.82, 2.24) is 14.9 Å². The van der Waals surface area contributed by atoms with Gasteiger partial charge < -0.3 is 21.4 Å². The minimum Gasteiger partial charge on any atom is -0.348 e. The summed E-state index contributed by atoms with van der Waals surface area (Å²) in [7, 11) is 0. The van der Waals surface area contributed by atoms with E-state index in [0.29, 0.717) is 31.0 Å². The average molecular weight is 446 g/mol. The van der Waals surface area contributed by atoms with Crippen LogP contribution in [0.2, 0.25) is 0 Å². The molecule has 1 heterocycles. The number of benzene rings is 3. The van der Waals surface area contributed by atoms with Crippen molar-refractivity contribution in [3.63, 3.8) is 0 Å². The number of amides is 1. The summed E-state index contributed by atoms with van der Waals surface area (Å²) in [5.74, 6) is -0.222. The number of imidazole rings is 1. The maximum Gasteiger partial charge on any atom is 0.287 e. The molecule has 7 heteroatoms. The molecule has 0 fully saturated rings. The number of nitrogens with two attached hydrogens (primary N) is 2. The lowest BCUT2D eigenvalue weighted by Crippen LogP contribution is -2.38. The van der Waals surface area contributed by atoms with Gasteiger partial charge >= 0.3 is 0 Å². The van der Waals surface area contributed by atoms with E-state index in [0.717, 1.165) is 35.0 Å². The van der Waals surface area contributed by atoms with Gasteiger partial charge in [-0.1, -0.05) is 48.5 Å². The van der Waals surface area contributed by atoms with Gasteiger partial charge in [-0.05, 0) is 60.3 Å². The fourth-order valence-corrected chi connectivity index (χ4v) is 3.84. The fourth-order valence-electron chi connectivity index (χ4n) is 3.84. The Morgan fingerprint density at radius 1 is 1.03 bits per heavy atom. The number of fused-ring (bicyclic) bond motifs is 1. The van der Waals surface area contributed by atoms with Gasteiger partial charge in [0.15, 0.2) is 5.82 Å². The molecular formula is C26H28FN5O. The molecule has 0 saturated carbocycles. The predicted molar refractivity (Wildman–Crippen MR) is 129 cm³/mol. The summed E-state index contributed by atoms with van der Waals surface area (Å²) >= 11 is 0. The van der Waals surface area contributed by atoms with Crippen LogP contribution < -0.4 is 16.8 Å². The molecule has 170 valence electrons. The third-order valence-electron chi connectivity index (χ3n) is 5.62. The van der Waals surface area contributed by atoms with E-state index in [4.69, 9.17) is 11.5 Å². The lowest BCUT2D eigenvalue weighted by molar-refractivity contribution is 0.0937. The number of hydrogen-bond acceptors (Lipinski definition) is 4. The number of carbonyl (C=O) groups is 1. The van der Waals surface area contributed by atoms with Crippen LogP contribution in [0.4, 0.5) is 4.39 Å². The Labute approximate surface area is 192 Å². The second-order valence-corrected chi connectivity index (χ2v) is 8.12. The van der Waals surface area contributed by atoms with Crippen LogP contribution in [0.1, 0.15) is 29.0 Å². The van der Waals surface area contributed by atoms with Gasteiger partial charge in [-0.2, -0.15) is 0 Å². The van der Waals surface area contributed by atoms with E-state index in [1.165, 1.54) is 12.1 Å². The minimum absolute atomic E-state index is 0.158.